The van der Waals surface area contributed by atoms with E-state index in [0.717, 1.165) is 11.2 Å². The average Bonchev–Trinajstić information content (AvgIpc) is 2.54. The topological polar surface area (TPSA) is 34.1 Å². The van der Waals surface area contributed by atoms with Gasteiger partial charge in [0.15, 0.2) is 5.78 Å². The molecule has 0 fully saturated rings. The smallest absolute Gasteiger partial charge is 0.178 e. The van der Waals surface area contributed by atoms with Crippen LogP contribution in [0.4, 0.5) is 0 Å². The Balaban J connectivity index is 2.84. The second-order valence-electron chi connectivity index (χ2n) is 3.56. The summed E-state index contributed by atoms with van der Waals surface area (Å²) in [5, 5.41) is 1.87. The molecule has 0 amide bonds. The van der Waals surface area contributed by atoms with E-state index in [1.54, 1.807) is 19.9 Å². The standard InChI is InChI=1S/C10H12O2S/c1-10(2,5-6-11)9(12)8-4-3-7-13-8/h3-4,6-7H,5H2,1-2H3. The first-order valence-corrected chi connectivity index (χ1v) is 4.98. The predicted octanol–water partition coefficient (Wildman–Crippen LogP) is 2.55. The molecule has 70 valence electrons. The van der Waals surface area contributed by atoms with E-state index in [4.69, 9.17) is 0 Å². The lowest BCUT2D eigenvalue weighted by Gasteiger charge is -2.18. The van der Waals surface area contributed by atoms with E-state index in [9.17, 15) is 9.59 Å². The van der Waals surface area contributed by atoms with Crippen molar-refractivity contribution in [3.8, 4) is 0 Å². The van der Waals surface area contributed by atoms with Gasteiger partial charge in [0.1, 0.15) is 6.29 Å². The summed E-state index contributed by atoms with van der Waals surface area (Å²) in [6.07, 6.45) is 1.08. The molecule has 1 aromatic rings. The van der Waals surface area contributed by atoms with Gasteiger partial charge in [-0.05, 0) is 11.4 Å². The summed E-state index contributed by atoms with van der Waals surface area (Å²) in [4.78, 5) is 22.8. The highest BCUT2D eigenvalue weighted by molar-refractivity contribution is 7.12. The Hall–Kier alpha value is -0.960. The number of hydrogen-bond acceptors (Lipinski definition) is 3. The van der Waals surface area contributed by atoms with E-state index in [1.165, 1.54) is 11.3 Å². The zero-order valence-electron chi connectivity index (χ0n) is 7.74. The lowest BCUT2D eigenvalue weighted by molar-refractivity contribution is -0.109. The van der Waals surface area contributed by atoms with Crippen LogP contribution in [-0.4, -0.2) is 12.1 Å². The molecule has 1 rings (SSSR count). The number of aldehydes is 1. The van der Waals surface area contributed by atoms with Gasteiger partial charge in [0.25, 0.3) is 0 Å². The fourth-order valence-corrected chi connectivity index (χ4v) is 1.89. The summed E-state index contributed by atoms with van der Waals surface area (Å²) in [7, 11) is 0. The molecule has 3 heteroatoms. The SMILES string of the molecule is CC(C)(CC=O)C(=O)c1cccs1. The van der Waals surface area contributed by atoms with Gasteiger partial charge in [-0.1, -0.05) is 19.9 Å². The Morgan fingerprint density at radius 1 is 1.62 bits per heavy atom. The maximum atomic E-state index is 11.8. The quantitative estimate of drug-likeness (QED) is 0.548. The van der Waals surface area contributed by atoms with Gasteiger partial charge < -0.3 is 4.79 Å². The molecule has 0 N–H and O–H groups in total. The maximum Gasteiger partial charge on any atom is 0.178 e. The molecule has 0 aromatic carbocycles. The normalized spacial score (nSPS) is 11.2. The van der Waals surface area contributed by atoms with Crippen LogP contribution in [0.25, 0.3) is 0 Å². The average molecular weight is 196 g/mol. The summed E-state index contributed by atoms with van der Waals surface area (Å²) >= 11 is 1.42. The lowest BCUT2D eigenvalue weighted by Crippen LogP contribution is -2.23. The van der Waals surface area contributed by atoms with Crippen LogP contribution in [0.1, 0.15) is 29.9 Å². The highest BCUT2D eigenvalue weighted by atomic mass is 32.1. The fourth-order valence-electron chi connectivity index (χ4n) is 1.04. The Morgan fingerprint density at radius 2 is 2.31 bits per heavy atom. The third kappa shape index (κ3) is 2.25. The molecule has 0 spiro atoms. The van der Waals surface area contributed by atoms with Gasteiger partial charge in [-0.3, -0.25) is 4.79 Å². The molecule has 2 nitrogen and oxygen atoms in total. The second-order valence-corrected chi connectivity index (χ2v) is 4.51. The molecule has 13 heavy (non-hydrogen) atoms. The van der Waals surface area contributed by atoms with Gasteiger partial charge >= 0.3 is 0 Å². The molecule has 0 aliphatic rings. The Bertz CT molecular complexity index is 299. The van der Waals surface area contributed by atoms with Gasteiger partial charge in [-0.2, -0.15) is 0 Å². The second kappa shape index (κ2) is 3.83. The van der Waals surface area contributed by atoms with E-state index < -0.39 is 5.41 Å². The molecular formula is C10H12O2S. The van der Waals surface area contributed by atoms with Crippen molar-refractivity contribution in [3.63, 3.8) is 0 Å². The summed E-state index contributed by atoms with van der Waals surface area (Å²) in [5.74, 6) is 0.0506. The predicted molar refractivity (Wildman–Crippen MR) is 53.1 cm³/mol. The fraction of sp³-hybridized carbons (Fsp3) is 0.400. The molecule has 0 atom stereocenters. The zero-order valence-corrected chi connectivity index (χ0v) is 8.56. The van der Waals surface area contributed by atoms with E-state index in [2.05, 4.69) is 0 Å². The molecule has 0 saturated carbocycles. The molecule has 0 saturated heterocycles. The van der Waals surface area contributed by atoms with Gasteiger partial charge in [-0.15, -0.1) is 11.3 Å². The van der Waals surface area contributed by atoms with Crippen molar-refractivity contribution in [1.29, 1.82) is 0 Å². The van der Waals surface area contributed by atoms with Crippen LogP contribution in [0.3, 0.4) is 0 Å². The zero-order chi connectivity index (χ0) is 9.90. The monoisotopic (exact) mass is 196 g/mol. The molecule has 1 heterocycles. The van der Waals surface area contributed by atoms with Crippen molar-refractivity contribution in [1.82, 2.24) is 0 Å². The van der Waals surface area contributed by atoms with Crippen molar-refractivity contribution < 1.29 is 9.59 Å². The summed E-state index contributed by atoms with van der Waals surface area (Å²) in [5.41, 5.74) is -0.563. The Kier molecular flexibility index (Phi) is 2.98. The largest absolute Gasteiger partial charge is 0.303 e. The van der Waals surface area contributed by atoms with Crippen LogP contribution < -0.4 is 0 Å². The minimum atomic E-state index is -0.563. The van der Waals surface area contributed by atoms with Crippen molar-refractivity contribution >= 4 is 23.4 Å². The van der Waals surface area contributed by atoms with E-state index in [0.29, 0.717) is 0 Å². The Labute approximate surface area is 81.6 Å². The first-order chi connectivity index (χ1) is 6.08. The lowest BCUT2D eigenvalue weighted by atomic mass is 9.84. The van der Waals surface area contributed by atoms with Gasteiger partial charge in [0.05, 0.1) is 4.88 Å². The van der Waals surface area contributed by atoms with Crippen molar-refractivity contribution in [2.75, 3.05) is 0 Å². The van der Waals surface area contributed by atoms with Gasteiger partial charge in [-0.25, -0.2) is 0 Å². The third-order valence-corrected chi connectivity index (χ3v) is 2.82. The van der Waals surface area contributed by atoms with Crippen LogP contribution >= 0.6 is 11.3 Å². The van der Waals surface area contributed by atoms with Crippen molar-refractivity contribution in [2.45, 2.75) is 20.3 Å². The molecule has 0 bridgehead atoms. The number of Topliss-reactive ketones (excluding diaryl/α,β-unsaturated/α-hetero) is 1. The number of rotatable bonds is 4. The summed E-state index contributed by atoms with van der Waals surface area (Å²) in [6, 6.07) is 3.63. The van der Waals surface area contributed by atoms with Crippen molar-refractivity contribution in [2.24, 2.45) is 5.41 Å². The minimum Gasteiger partial charge on any atom is -0.303 e. The van der Waals surface area contributed by atoms with Crippen LogP contribution in [0.5, 0.6) is 0 Å². The molecular weight excluding hydrogens is 184 g/mol. The molecule has 0 unspecified atom stereocenters. The van der Waals surface area contributed by atoms with Gasteiger partial charge in [0, 0.05) is 11.8 Å². The highest BCUT2D eigenvalue weighted by Crippen LogP contribution is 2.26. The number of thiophene rings is 1. The number of carbonyl (C=O) groups is 2. The molecule has 0 aliphatic carbocycles. The maximum absolute atomic E-state index is 11.8. The minimum absolute atomic E-state index is 0.0506. The number of ketones is 1. The van der Waals surface area contributed by atoms with E-state index >= 15 is 0 Å². The van der Waals surface area contributed by atoms with Gasteiger partial charge in [0.2, 0.25) is 0 Å². The first kappa shape index (κ1) is 10.1. The van der Waals surface area contributed by atoms with Crippen LogP contribution in [0.15, 0.2) is 17.5 Å². The van der Waals surface area contributed by atoms with Crippen LogP contribution in [0, 0.1) is 5.41 Å². The van der Waals surface area contributed by atoms with Crippen molar-refractivity contribution in [3.05, 3.63) is 22.4 Å². The van der Waals surface area contributed by atoms with E-state index in [-0.39, 0.29) is 12.2 Å². The molecule has 1 aromatic heterocycles. The number of hydrogen-bond donors (Lipinski definition) is 0. The molecule has 0 aliphatic heterocycles. The summed E-state index contributed by atoms with van der Waals surface area (Å²) in [6.45, 7) is 3.59. The van der Waals surface area contributed by atoms with Crippen LogP contribution in [0.2, 0.25) is 0 Å². The van der Waals surface area contributed by atoms with Crippen LogP contribution in [-0.2, 0) is 4.79 Å². The Morgan fingerprint density at radius 3 is 2.77 bits per heavy atom. The van der Waals surface area contributed by atoms with E-state index in [1.807, 2.05) is 11.4 Å². The first-order valence-electron chi connectivity index (χ1n) is 4.10. The molecule has 0 radical (unpaired) electrons. The summed E-state index contributed by atoms with van der Waals surface area (Å²) < 4.78 is 0. The highest BCUT2D eigenvalue weighted by Gasteiger charge is 2.28. The number of carbonyl (C=O) groups excluding carboxylic acids is 2. The third-order valence-electron chi connectivity index (χ3n) is 1.95.